The molecule has 4 atom stereocenters. The number of halogens is 2. The Labute approximate surface area is 201 Å². The molecule has 4 nitrogen and oxygen atoms in total. The van der Waals surface area contributed by atoms with Crippen LogP contribution in [0.4, 0.5) is 4.39 Å². The Morgan fingerprint density at radius 3 is 2.32 bits per heavy atom. The third kappa shape index (κ3) is 5.06. The first-order chi connectivity index (χ1) is 14.7. The number of rotatable bonds is 5. The van der Waals surface area contributed by atoms with Gasteiger partial charge >= 0.3 is 0 Å². The molecule has 2 aromatic carbocycles. The fourth-order valence-electron chi connectivity index (χ4n) is 5.46. The Balaban J connectivity index is 0.00000231. The van der Waals surface area contributed by atoms with Gasteiger partial charge in [-0.25, -0.2) is 4.39 Å². The van der Waals surface area contributed by atoms with E-state index in [2.05, 4.69) is 50.9 Å². The van der Waals surface area contributed by atoms with Crippen LogP contribution in [0.5, 0.6) is 0 Å². The van der Waals surface area contributed by atoms with Gasteiger partial charge in [-0.05, 0) is 49.3 Å². The molecule has 6 heteroatoms. The van der Waals surface area contributed by atoms with Crippen molar-refractivity contribution in [1.29, 1.82) is 0 Å². The van der Waals surface area contributed by atoms with Crippen molar-refractivity contribution in [3.63, 3.8) is 0 Å². The van der Waals surface area contributed by atoms with Gasteiger partial charge in [0.05, 0.1) is 0 Å². The summed E-state index contributed by atoms with van der Waals surface area (Å²) in [6.45, 7) is 1.06. The van der Waals surface area contributed by atoms with Crippen LogP contribution in [-0.2, 0) is 6.54 Å². The minimum absolute atomic E-state index is 0. The predicted molar refractivity (Wildman–Crippen MR) is 134 cm³/mol. The largest absolute Gasteiger partial charge is 0.354 e. The van der Waals surface area contributed by atoms with Gasteiger partial charge in [-0.3, -0.25) is 9.89 Å². The Kier molecular flexibility index (Phi) is 7.16. The Morgan fingerprint density at radius 2 is 1.65 bits per heavy atom. The van der Waals surface area contributed by atoms with Gasteiger partial charge in [-0.1, -0.05) is 48.5 Å². The summed E-state index contributed by atoms with van der Waals surface area (Å²) in [6, 6.07) is 19.9. The van der Waals surface area contributed by atoms with E-state index in [-0.39, 0.29) is 41.8 Å². The van der Waals surface area contributed by atoms with Gasteiger partial charge in [0.15, 0.2) is 5.96 Å². The number of hydrogen-bond acceptors (Lipinski definition) is 2. The SMILES string of the molecule is CN=C(NC1CC2CCC(C1)N2Cc1ccccc1)NC1CC1c1ccccc1F.I. The van der Waals surface area contributed by atoms with Crippen LogP contribution in [0.3, 0.4) is 0 Å². The quantitative estimate of drug-likeness (QED) is 0.333. The fourth-order valence-corrected chi connectivity index (χ4v) is 5.46. The van der Waals surface area contributed by atoms with Crippen molar-refractivity contribution in [2.24, 2.45) is 4.99 Å². The zero-order valence-electron chi connectivity index (χ0n) is 18.0. The smallest absolute Gasteiger partial charge is 0.191 e. The molecule has 2 aliphatic heterocycles. The first kappa shape index (κ1) is 22.5. The van der Waals surface area contributed by atoms with Crippen molar-refractivity contribution >= 4 is 29.9 Å². The van der Waals surface area contributed by atoms with Gasteiger partial charge in [0.25, 0.3) is 0 Å². The van der Waals surface area contributed by atoms with Crippen LogP contribution in [0.15, 0.2) is 59.6 Å². The van der Waals surface area contributed by atoms with E-state index < -0.39 is 0 Å². The Bertz CT molecular complexity index is 891. The van der Waals surface area contributed by atoms with E-state index in [1.165, 1.54) is 18.4 Å². The average Bonchev–Trinajstić information content (AvgIpc) is 3.48. The minimum Gasteiger partial charge on any atom is -0.354 e. The molecule has 3 fully saturated rings. The third-order valence-electron chi connectivity index (χ3n) is 7.07. The molecule has 2 bridgehead atoms. The zero-order chi connectivity index (χ0) is 20.5. The molecule has 2 heterocycles. The van der Waals surface area contributed by atoms with Crippen molar-refractivity contribution in [3.05, 3.63) is 71.5 Å². The van der Waals surface area contributed by atoms with Crippen LogP contribution in [0, 0.1) is 5.82 Å². The first-order valence-corrected chi connectivity index (χ1v) is 11.2. The molecule has 2 saturated heterocycles. The molecule has 31 heavy (non-hydrogen) atoms. The summed E-state index contributed by atoms with van der Waals surface area (Å²) in [5, 5.41) is 7.19. The summed E-state index contributed by atoms with van der Waals surface area (Å²) < 4.78 is 14.1. The highest BCUT2D eigenvalue weighted by atomic mass is 127. The fraction of sp³-hybridized carbons (Fsp3) is 0.480. The lowest BCUT2D eigenvalue weighted by Gasteiger charge is -2.39. The van der Waals surface area contributed by atoms with Crippen LogP contribution in [0.25, 0.3) is 0 Å². The summed E-state index contributed by atoms with van der Waals surface area (Å²) in [5.41, 5.74) is 2.23. The van der Waals surface area contributed by atoms with Crippen LogP contribution in [0.2, 0.25) is 0 Å². The van der Waals surface area contributed by atoms with E-state index in [1.807, 2.05) is 19.2 Å². The predicted octanol–water partition coefficient (Wildman–Crippen LogP) is 4.66. The van der Waals surface area contributed by atoms with E-state index in [0.29, 0.717) is 18.1 Å². The summed E-state index contributed by atoms with van der Waals surface area (Å²) in [5.74, 6) is 1.01. The van der Waals surface area contributed by atoms with Crippen molar-refractivity contribution in [1.82, 2.24) is 15.5 Å². The van der Waals surface area contributed by atoms with E-state index in [4.69, 9.17) is 0 Å². The molecule has 1 saturated carbocycles. The standard InChI is InChI=1S/C25H31FN4.HI/c1-27-25(29-24-15-22(24)21-9-5-6-10-23(21)26)28-18-13-19-11-12-20(14-18)30(19)16-17-7-3-2-4-8-17;/h2-10,18-20,22,24H,11-16H2,1H3,(H2,27,28,29);1H. The highest BCUT2D eigenvalue weighted by Gasteiger charge is 2.43. The van der Waals surface area contributed by atoms with E-state index in [1.54, 1.807) is 12.1 Å². The Hall–Kier alpha value is -1.67. The van der Waals surface area contributed by atoms with Crippen LogP contribution in [-0.4, -0.2) is 42.1 Å². The highest BCUT2D eigenvalue weighted by molar-refractivity contribution is 14.0. The van der Waals surface area contributed by atoms with E-state index in [9.17, 15) is 4.39 Å². The summed E-state index contributed by atoms with van der Waals surface area (Å²) in [7, 11) is 1.83. The normalized spacial score (nSPS) is 29.9. The zero-order valence-corrected chi connectivity index (χ0v) is 20.3. The van der Waals surface area contributed by atoms with Gasteiger partial charge in [0.1, 0.15) is 5.82 Å². The summed E-state index contributed by atoms with van der Waals surface area (Å²) >= 11 is 0. The second kappa shape index (κ2) is 9.86. The topological polar surface area (TPSA) is 39.7 Å². The molecule has 2 aromatic rings. The number of benzene rings is 2. The number of hydrogen-bond donors (Lipinski definition) is 2. The maximum absolute atomic E-state index is 14.1. The first-order valence-electron chi connectivity index (χ1n) is 11.2. The van der Waals surface area contributed by atoms with Crippen LogP contribution < -0.4 is 10.6 Å². The number of nitrogens with one attached hydrogen (secondary N) is 2. The van der Waals surface area contributed by atoms with Crippen molar-refractivity contribution in [2.45, 2.75) is 68.7 Å². The van der Waals surface area contributed by atoms with Crippen LogP contribution >= 0.6 is 24.0 Å². The second-order valence-corrected chi connectivity index (χ2v) is 9.04. The average molecular weight is 534 g/mol. The number of fused-ring (bicyclic) bond motifs is 2. The molecule has 4 unspecified atom stereocenters. The van der Waals surface area contributed by atoms with Gasteiger partial charge in [0, 0.05) is 43.7 Å². The third-order valence-corrected chi connectivity index (χ3v) is 7.07. The molecule has 1 aliphatic carbocycles. The number of aliphatic imine (C=N–C) groups is 1. The number of guanidine groups is 1. The van der Waals surface area contributed by atoms with E-state index >= 15 is 0 Å². The number of piperidine rings is 1. The molecule has 0 aromatic heterocycles. The molecular weight excluding hydrogens is 502 g/mol. The molecule has 5 rings (SSSR count). The van der Waals surface area contributed by atoms with Gasteiger partial charge in [0.2, 0.25) is 0 Å². The molecule has 3 aliphatic rings. The van der Waals surface area contributed by atoms with Gasteiger partial charge < -0.3 is 10.6 Å². The maximum Gasteiger partial charge on any atom is 0.191 e. The molecule has 0 spiro atoms. The highest BCUT2D eigenvalue weighted by Crippen LogP contribution is 2.42. The van der Waals surface area contributed by atoms with Crippen LogP contribution in [0.1, 0.15) is 49.1 Å². The molecule has 166 valence electrons. The second-order valence-electron chi connectivity index (χ2n) is 9.04. The molecule has 0 amide bonds. The molecule has 2 N–H and O–H groups in total. The lowest BCUT2D eigenvalue weighted by atomic mass is 9.96. The lowest BCUT2D eigenvalue weighted by molar-refractivity contribution is 0.114. The summed E-state index contributed by atoms with van der Waals surface area (Å²) in [4.78, 5) is 7.16. The van der Waals surface area contributed by atoms with Gasteiger partial charge in [-0.15, -0.1) is 24.0 Å². The summed E-state index contributed by atoms with van der Waals surface area (Å²) in [6.07, 6.45) is 5.86. The molecule has 0 radical (unpaired) electrons. The van der Waals surface area contributed by atoms with Gasteiger partial charge in [-0.2, -0.15) is 0 Å². The van der Waals surface area contributed by atoms with Crippen molar-refractivity contribution in [2.75, 3.05) is 7.05 Å². The monoisotopic (exact) mass is 534 g/mol. The minimum atomic E-state index is -0.0999. The Morgan fingerprint density at radius 1 is 0.968 bits per heavy atom. The lowest BCUT2D eigenvalue weighted by Crippen LogP contribution is -2.52. The number of nitrogens with zero attached hydrogens (tertiary/aromatic N) is 2. The maximum atomic E-state index is 14.1. The van der Waals surface area contributed by atoms with E-state index in [0.717, 1.165) is 37.3 Å². The molecular formula is C25H32FIN4. The van der Waals surface area contributed by atoms with Crippen molar-refractivity contribution < 1.29 is 4.39 Å². The van der Waals surface area contributed by atoms with Crippen molar-refractivity contribution in [3.8, 4) is 0 Å².